The van der Waals surface area contributed by atoms with Crippen LogP contribution in [0.25, 0.3) is 0 Å². The van der Waals surface area contributed by atoms with Crippen molar-refractivity contribution in [2.24, 2.45) is 27.4 Å². The maximum absolute atomic E-state index is 14.0. The summed E-state index contributed by atoms with van der Waals surface area (Å²) in [4.78, 5) is 61.9. The minimum absolute atomic E-state index is 0.00260. The van der Waals surface area contributed by atoms with Crippen molar-refractivity contribution < 1.29 is 50.6 Å². The summed E-state index contributed by atoms with van der Waals surface area (Å²) in [6.45, 7) is 21.4. The Morgan fingerprint density at radius 3 is 1.51 bits per heavy atom. The minimum Gasteiger partial charge on any atom is -0.487 e. The van der Waals surface area contributed by atoms with Crippen LogP contribution in [0.4, 0.5) is 0 Å². The number of nitrogens with two attached hydrogens (primary N) is 2. The highest BCUT2D eigenvalue weighted by Gasteiger charge is 2.39. The number of carbonyl (C=O) groups is 4. The number of sulfonamides is 2. The number of hydrogen-bond donors (Lipinski definition) is 8. The molecule has 0 radical (unpaired) electrons. The van der Waals surface area contributed by atoms with Crippen LogP contribution in [-0.2, 0) is 58.5 Å². The minimum atomic E-state index is -4.19. The smallest absolute Gasteiger partial charge is 0.326 e. The van der Waals surface area contributed by atoms with Gasteiger partial charge in [-0.1, -0.05) is 44.2 Å². The van der Waals surface area contributed by atoms with Crippen molar-refractivity contribution in [3.05, 3.63) is 80.4 Å². The Bertz CT molecular complexity index is 2920. The number of carboxylic acids is 1. The SMILES string of the molecule is Cc1c(C)c(S(=O)(=O)NC(N)=NCCC[C@H](NC(=O)[C@@H](NC(=O)[C@H](CCCN=C(N)NS(=O)(=O)c2c(C)c(C)c3c(c2C)CC(C)(C)O3)NC(=O)Cc2ccccc2)C(C)C)C(=O)O)c(C)c2c1OC(C)(C)C2. The number of amides is 3. The first-order valence-electron chi connectivity index (χ1n) is 24.3. The Labute approximate surface area is 429 Å². The van der Waals surface area contributed by atoms with Gasteiger partial charge in [0.05, 0.1) is 16.2 Å². The van der Waals surface area contributed by atoms with E-state index in [2.05, 4.69) is 35.4 Å². The van der Waals surface area contributed by atoms with E-state index in [-0.39, 0.29) is 60.9 Å². The van der Waals surface area contributed by atoms with Crippen molar-refractivity contribution >= 4 is 55.7 Å². The molecule has 0 aliphatic carbocycles. The van der Waals surface area contributed by atoms with Crippen molar-refractivity contribution in [3.8, 4) is 11.5 Å². The summed E-state index contributed by atoms with van der Waals surface area (Å²) in [5, 5.41) is 18.0. The van der Waals surface area contributed by atoms with E-state index in [0.29, 0.717) is 63.3 Å². The zero-order chi connectivity index (χ0) is 54.5. The van der Waals surface area contributed by atoms with Crippen LogP contribution < -0.4 is 46.3 Å². The Morgan fingerprint density at radius 1 is 0.644 bits per heavy atom. The lowest BCUT2D eigenvalue weighted by Crippen LogP contribution is -2.57. The van der Waals surface area contributed by atoms with Crippen LogP contribution in [0.3, 0.4) is 0 Å². The number of carbonyl (C=O) groups excluding carboxylic acids is 3. The van der Waals surface area contributed by atoms with E-state index in [4.69, 9.17) is 20.9 Å². The highest BCUT2D eigenvalue weighted by Crippen LogP contribution is 2.45. The second kappa shape index (κ2) is 22.8. The number of benzene rings is 3. The summed E-state index contributed by atoms with van der Waals surface area (Å²) in [6.07, 6.45) is 1.09. The quantitative estimate of drug-likeness (QED) is 0.0428. The number of carboxylic acid groups (broad SMARTS) is 1. The molecular weight excluding hydrogens is 979 g/mol. The average molecular weight is 1050 g/mol. The van der Waals surface area contributed by atoms with E-state index in [9.17, 15) is 41.1 Å². The highest BCUT2D eigenvalue weighted by atomic mass is 32.2. The molecule has 400 valence electrons. The Hall–Kier alpha value is -6.42. The van der Waals surface area contributed by atoms with E-state index in [0.717, 1.165) is 11.1 Å². The fourth-order valence-electron chi connectivity index (χ4n) is 9.33. The van der Waals surface area contributed by atoms with Crippen molar-refractivity contribution in [2.45, 2.75) is 167 Å². The third-order valence-corrected chi connectivity index (χ3v) is 16.4. The molecule has 2 heterocycles. The van der Waals surface area contributed by atoms with Gasteiger partial charge in [-0.05, 0) is 140 Å². The molecule has 3 amide bonds. The number of nitrogens with one attached hydrogen (secondary N) is 5. The summed E-state index contributed by atoms with van der Waals surface area (Å²) >= 11 is 0. The second-order valence-corrected chi connectivity index (χ2v) is 23.8. The average Bonchev–Trinajstić information content (AvgIpc) is 3.80. The maximum atomic E-state index is 14.0. The van der Waals surface area contributed by atoms with Gasteiger partial charge in [0.1, 0.15) is 40.8 Å². The molecule has 0 saturated carbocycles. The fraction of sp³-hybridized carbons (Fsp3) is 0.529. The molecule has 0 saturated heterocycles. The predicted molar refractivity (Wildman–Crippen MR) is 279 cm³/mol. The number of rotatable bonds is 21. The van der Waals surface area contributed by atoms with Gasteiger partial charge in [-0.3, -0.25) is 24.4 Å². The van der Waals surface area contributed by atoms with Crippen molar-refractivity contribution in [1.82, 2.24) is 25.4 Å². The summed E-state index contributed by atoms with van der Waals surface area (Å²) in [5.41, 5.74) is 17.0. The Morgan fingerprint density at radius 2 is 1.08 bits per heavy atom. The van der Waals surface area contributed by atoms with Gasteiger partial charge in [0.2, 0.25) is 29.6 Å². The topological polar surface area (TPSA) is 312 Å². The molecule has 3 atom stereocenters. The maximum Gasteiger partial charge on any atom is 0.326 e. The highest BCUT2D eigenvalue weighted by molar-refractivity contribution is 7.90. The van der Waals surface area contributed by atoms with Crippen LogP contribution in [0, 0.1) is 47.5 Å². The van der Waals surface area contributed by atoms with Gasteiger partial charge in [0.15, 0.2) is 0 Å². The number of guanidine groups is 2. The van der Waals surface area contributed by atoms with Crippen LogP contribution in [0.5, 0.6) is 11.5 Å². The van der Waals surface area contributed by atoms with Gasteiger partial charge in [0, 0.05) is 37.1 Å². The van der Waals surface area contributed by atoms with E-state index >= 15 is 0 Å². The summed E-state index contributed by atoms with van der Waals surface area (Å²) in [5.74, 6) is -3.33. The van der Waals surface area contributed by atoms with Gasteiger partial charge in [0.25, 0.3) is 20.0 Å². The lowest BCUT2D eigenvalue weighted by atomic mass is 9.94. The van der Waals surface area contributed by atoms with Gasteiger partial charge in [-0.25, -0.2) is 31.1 Å². The molecule has 10 N–H and O–H groups in total. The van der Waals surface area contributed by atoms with Gasteiger partial charge in [-0.2, -0.15) is 0 Å². The van der Waals surface area contributed by atoms with E-state index < -0.39 is 84.9 Å². The third-order valence-electron chi connectivity index (χ3n) is 13.2. The zero-order valence-electron chi connectivity index (χ0n) is 44.0. The number of hydrogen-bond acceptors (Lipinski definition) is 12. The number of fused-ring (bicyclic) bond motifs is 2. The van der Waals surface area contributed by atoms with Gasteiger partial charge in [-0.15, -0.1) is 0 Å². The monoisotopic (exact) mass is 1050 g/mol. The van der Waals surface area contributed by atoms with Crippen LogP contribution in [0.2, 0.25) is 0 Å². The van der Waals surface area contributed by atoms with E-state index in [1.54, 1.807) is 78.8 Å². The fourth-order valence-corrected chi connectivity index (χ4v) is 12.4. The van der Waals surface area contributed by atoms with Crippen molar-refractivity contribution in [1.29, 1.82) is 0 Å². The lowest BCUT2D eigenvalue weighted by Gasteiger charge is -2.26. The Balaban J connectivity index is 1.22. The summed E-state index contributed by atoms with van der Waals surface area (Å²) in [6, 6.07) is 4.99. The van der Waals surface area contributed by atoms with Crippen molar-refractivity contribution in [2.75, 3.05) is 13.1 Å². The predicted octanol–water partition coefficient (Wildman–Crippen LogP) is 3.85. The molecule has 73 heavy (non-hydrogen) atoms. The van der Waals surface area contributed by atoms with Crippen molar-refractivity contribution in [3.63, 3.8) is 0 Å². The number of aliphatic carboxylic acids is 1. The number of ether oxygens (including phenoxy) is 2. The number of aliphatic imine (C=N–C) groups is 2. The lowest BCUT2D eigenvalue weighted by molar-refractivity contribution is -0.142. The van der Waals surface area contributed by atoms with Crippen LogP contribution in [0.15, 0.2) is 50.1 Å². The first kappa shape index (κ1) is 57.5. The molecule has 0 aromatic heterocycles. The standard InChI is InChI=1S/C51H73N9O11S2/c1-27(2)40(46(63)57-38(47(64)65)21-17-23-55-49(53)60-73(68,69)44-31(6)29(4)42-36(33(44)8)26-51(11,12)71-42)58-45(62)37(56-39(61)24-34-18-14-13-15-19-34)20-16-22-54-48(52)59-72(66,67)43-30(5)28(3)41-35(32(43)7)25-50(9,10)70-41/h13-15,18-19,27,37-38,40H,16-17,20-26H2,1-12H3,(H,56,61)(H,57,63)(H,58,62)(H,64,65)(H3,52,54,59)(H3,53,55,60)/t37-,38-,40-/m0/s1. The van der Waals surface area contributed by atoms with Crippen LogP contribution >= 0.6 is 0 Å². The van der Waals surface area contributed by atoms with E-state index in [1.165, 1.54) is 0 Å². The zero-order valence-corrected chi connectivity index (χ0v) is 45.6. The second-order valence-electron chi connectivity index (χ2n) is 20.5. The number of nitrogens with zero attached hydrogens (tertiary/aromatic N) is 2. The normalized spacial score (nSPS) is 16.3. The molecule has 2 aliphatic rings. The molecule has 0 unspecified atom stereocenters. The first-order chi connectivity index (χ1) is 33.9. The molecule has 5 rings (SSSR count). The molecule has 0 spiro atoms. The molecule has 2 aliphatic heterocycles. The summed E-state index contributed by atoms with van der Waals surface area (Å²) < 4.78 is 71.7. The molecule has 3 aromatic carbocycles. The van der Waals surface area contributed by atoms with Crippen LogP contribution in [-0.4, -0.2) is 100.0 Å². The molecule has 0 bridgehead atoms. The Kier molecular flexibility index (Phi) is 17.9. The largest absolute Gasteiger partial charge is 0.487 e. The van der Waals surface area contributed by atoms with Gasteiger partial charge < -0.3 is 42.0 Å². The molecule has 3 aromatic rings. The van der Waals surface area contributed by atoms with Crippen LogP contribution in [0.1, 0.15) is 117 Å². The molecule has 20 nitrogen and oxygen atoms in total. The summed E-state index contributed by atoms with van der Waals surface area (Å²) in [7, 11) is -8.36. The van der Waals surface area contributed by atoms with Gasteiger partial charge >= 0.3 is 5.97 Å². The molecular formula is C51H73N9O11S2. The molecule has 22 heteroatoms. The first-order valence-corrected chi connectivity index (χ1v) is 27.3. The van der Waals surface area contributed by atoms with E-state index in [1.807, 2.05) is 34.6 Å². The third kappa shape index (κ3) is 14.0. The molecule has 0 fully saturated rings.